The van der Waals surface area contributed by atoms with Gasteiger partial charge in [-0.3, -0.25) is 9.59 Å². The van der Waals surface area contributed by atoms with Gasteiger partial charge in [-0.25, -0.2) is 15.0 Å². The molecule has 0 aliphatic carbocycles. The third kappa shape index (κ3) is 3.99. The second-order valence-corrected chi connectivity index (χ2v) is 4.88. The van der Waals surface area contributed by atoms with E-state index in [1.54, 1.807) is 4.57 Å². The Labute approximate surface area is 132 Å². The maximum atomic E-state index is 12.4. The lowest BCUT2D eigenvalue weighted by molar-refractivity contribution is -0.136. The molecule has 10 nitrogen and oxygen atoms in total. The summed E-state index contributed by atoms with van der Waals surface area (Å²) in [5.41, 5.74) is 12.1. The molecule has 2 aromatic rings. The number of carbonyl (C=O) groups excluding carboxylic acids is 2. The molecule has 2 rings (SSSR count). The summed E-state index contributed by atoms with van der Waals surface area (Å²) in [7, 11) is 1.43. The van der Waals surface area contributed by atoms with E-state index in [0.29, 0.717) is 11.2 Å². The molecule has 0 radical (unpaired) electrons. The minimum absolute atomic E-state index is 0.0206. The van der Waals surface area contributed by atoms with Crippen LogP contribution in [0.5, 0.6) is 0 Å². The Kier molecular flexibility index (Phi) is 5.55. The first kappa shape index (κ1) is 16.8. The number of ketones is 1. The molecule has 0 aromatic carbocycles. The number of nitrogens with zero attached hydrogens (tertiary/aromatic N) is 5. The van der Waals surface area contributed by atoms with Gasteiger partial charge in [0.1, 0.15) is 25.0 Å². The predicted octanol–water partition coefficient (Wildman–Crippen LogP) is -1.59. The van der Waals surface area contributed by atoms with Gasteiger partial charge in [0.25, 0.3) is 0 Å². The molecule has 23 heavy (non-hydrogen) atoms. The number of carbonyl (C=O) groups is 2. The lowest BCUT2D eigenvalue weighted by Gasteiger charge is -2.21. The van der Waals surface area contributed by atoms with Gasteiger partial charge in [-0.2, -0.15) is 0 Å². The highest BCUT2D eigenvalue weighted by Crippen LogP contribution is 2.14. The smallest absolute Gasteiger partial charge is 0.243 e. The first-order chi connectivity index (χ1) is 11.1. The van der Waals surface area contributed by atoms with Crippen molar-refractivity contribution in [3.8, 4) is 0 Å². The normalized spacial score (nSPS) is 10.9. The number of amides is 1. The van der Waals surface area contributed by atoms with Gasteiger partial charge in [-0.15, -0.1) is 0 Å². The fourth-order valence-electron chi connectivity index (χ4n) is 2.13. The van der Waals surface area contributed by atoms with Crippen molar-refractivity contribution in [1.82, 2.24) is 24.4 Å². The molecule has 0 bridgehead atoms. The van der Waals surface area contributed by atoms with Gasteiger partial charge < -0.3 is 25.7 Å². The zero-order chi connectivity index (χ0) is 16.8. The molecule has 4 N–H and O–H groups in total. The van der Waals surface area contributed by atoms with E-state index in [4.69, 9.17) is 16.2 Å². The number of hydrogen-bond acceptors (Lipinski definition) is 8. The van der Waals surface area contributed by atoms with Crippen molar-refractivity contribution < 1.29 is 14.3 Å². The largest absolute Gasteiger partial charge is 0.382 e. The van der Waals surface area contributed by atoms with Crippen LogP contribution >= 0.6 is 0 Å². The number of imidazole rings is 1. The molecular weight excluding hydrogens is 302 g/mol. The summed E-state index contributed by atoms with van der Waals surface area (Å²) in [5, 5.41) is 0. The standard InChI is InChI=1S/C13H19N7O3/c1-23-6-9(21)4-19(3-2-14)10(22)5-20-8-18-11-12(15)16-7-17-13(11)20/h7-8H,2-6,14H2,1H3,(H2,15,16,17). The number of aromatic nitrogens is 4. The summed E-state index contributed by atoms with van der Waals surface area (Å²) in [6, 6.07) is 0. The number of hydrogen-bond donors (Lipinski definition) is 2. The van der Waals surface area contributed by atoms with Crippen molar-refractivity contribution in [2.45, 2.75) is 6.54 Å². The Morgan fingerprint density at radius 3 is 2.83 bits per heavy atom. The third-order valence-electron chi connectivity index (χ3n) is 3.16. The molecular formula is C13H19N7O3. The van der Waals surface area contributed by atoms with Gasteiger partial charge in [0, 0.05) is 20.2 Å². The summed E-state index contributed by atoms with van der Waals surface area (Å²) in [6.45, 7) is 0.413. The van der Waals surface area contributed by atoms with E-state index in [0.717, 1.165) is 0 Å². The molecule has 0 saturated heterocycles. The summed E-state index contributed by atoms with van der Waals surface area (Å²) in [6.07, 6.45) is 2.77. The molecule has 0 spiro atoms. The first-order valence-electron chi connectivity index (χ1n) is 6.96. The topological polar surface area (TPSA) is 142 Å². The van der Waals surface area contributed by atoms with Gasteiger partial charge in [-0.1, -0.05) is 0 Å². The van der Waals surface area contributed by atoms with Crippen LogP contribution in [0.15, 0.2) is 12.7 Å². The Bertz CT molecular complexity index is 700. The van der Waals surface area contributed by atoms with E-state index >= 15 is 0 Å². The number of anilines is 1. The number of nitrogen functional groups attached to an aromatic ring is 1. The van der Waals surface area contributed by atoms with E-state index < -0.39 is 0 Å². The maximum Gasteiger partial charge on any atom is 0.243 e. The highest BCUT2D eigenvalue weighted by Gasteiger charge is 2.18. The van der Waals surface area contributed by atoms with Gasteiger partial charge >= 0.3 is 0 Å². The molecule has 0 aliphatic heterocycles. The minimum atomic E-state index is -0.267. The second kappa shape index (κ2) is 7.61. The number of Topliss-reactive ketones (excluding diaryl/α,β-unsaturated/α-hetero) is 1. The molecule has 124 valence electrons. The quantitative estimate of drug-likeness (QED) is 0.592. The number of rotatable bonds is 8. The molecule has 2 aromatic heterocycles. The monoisotopic (exact) mass is 321 g/mol. The summed E-state index contributed by atoms with van der Waals surface area (Å²) >= 11 is 0. The molecule has 0 aliphatic rings. The average Bonchev–Trinajstić information content (AvgIpc) is 2.91. The minimum Gasteiger partial charge on any atom is -0.382 e. The highest BCUT2D eigenvalue weighted by atomic mass is 16.5. The molecule has 0 fully saturated rings. The molecule has 0 atom stereocenters. The Morgan fingerprint density at radius 2 is 2.13 bits per heavy atom. The number of methoxy groups -OCH3 is 1. The zero-order valence-electron chi connectivity index (χ0n) is 12.8. The van der Waals surface area contributed by atoms with E-state index in [1.165, 1.54) is 24.7 Å². The average molecular weight is 321 g/mol. The van der Waals surface area contributed by atoms with Crippen LogP contribution in [0.25, 0.3) is 11.2 Å². The summed E-state index contributed by atoms with van der Waals surface area (Å²) in [5.74, 6) is -0.219. The van der Waals surface area contributed by atoms with Crippen molar-refractivity contribution in [3.05, 3.63) is 12.7 Å². The van der Waals surface area contributed by atoms with Crippen molar-refractivity contribution in [1.29, 1.82) is 0 Å². The predicted molar refractivity (Wildman–Crippen MR) is 82.3 cm³/mol. The zero-order valence-corrected chi connectivity index (χ0v) is 12.8. The van der Waals surface area contributed by atoms with Crippen LogP contribution < -0.4 is 11.5 Å². The summed E-state index contributed by atoms with van der Waals surface area (Å²) < 4.78 is 6.33. The van der Waals surface area contributed by atoms with Crippen LogP contribution in [0.4, 0.5) is 5.82 Å². The summed E-state index contributed by atoms with van der Waals surface area (Å²) in [4.78, 5) is 37.5. The lowest BCUT2D eigenvalue weighted by atomic mass is 10.3. The maximum absolute atomic E-state index is 12.4. The highest BCUT2D eigenvalue weighted by molar-refractivity contribution is 5.88. The molecule has 2 heterocycles. The van der Waals surface area contributed by atoms with Crippen LogP contribution in [-0.4, -0.2) is 69.5 Å². The first-order valence-corrected chi connectivity index (χ1v) is 6.96. The second-order valence-electron chi connectivity index (χ2n) is 4.88. The van der Waals surface area contributed by atoms with Gasteiger partial charge in [-0.05, 0) is 0 Å². The Balaban J connectivity index is 2.13. The van der Waals surface area contributed by atoms with Gasteiger partial charge in [0.2, 0.25) is 5.91 Å². The van der Waals surface area contributed by atoms with Crippen LogP contribution in [0.1, 0.15) is 0 Å². The fourth-order valence-corrected chi connectivity index (χ4v) is 2.13. The van der Waals surface area contributed by atoms with Gasteiger partial charge in [0.05, 0.1) is 12.9 Å². The molecule has 0 saturated carbocycles. The van der Waals surface area contributed by atoms with E-state index in [2.05, 4.69) is 15.0 Å². The van der Waals surface area contributed by atoms with E-state index in [1.807, 2.05) is 0 Å². The number of nitrogens with two attached hydrogens (primary N) is 2. The van der Waals surface area contributed by atoms with E-state index in [9.17, 15) is 9.59 Å². The lowest BCUT2D eigenvalue weighted by Crippen LogP contribution is -2.41. The molecule has 10 heteroatoms. The number of fused-ring (bicyclic) bond motifs is 1. The Hall–Kier alpha value is -2.59. The fraction of sp³-hybridized carbons (Fsp3) is 0.462. The van der Waals surface area contributed by atoms with Crippen LogP contribution in [-0.2, 0) is 20.9 Å². The van der Waals surface area contributed by atoms with E-state index in [-0.39, 0.29) is 50.3 Å². The van der Waals surface area contributed by atoms with Gasteiger partial charge in [0.15, 0.2) is 17.2 Å². The number of ether oxygens (including phenoxy) is 1. The molecule has 1 amide bonds. The third-order valence-corrected chi connectivity index (χ3v) is 3.16. The molecule has 0 unspecified atom stereocenters. The Morgan fingerprint density at radius 1 is 1.35 bits per heavy atom. The van der Waals surface area contributed by atoms with Crippen LogP contribution in [0.2, 0.25) is 0 Å². The van der Waals surface area contributed by atoms with Crippen molar-refractivity contribution in [3.63, 3.8) is 0 Å². The SMILES string of the molecule is COCC(=O)CN(CCN)C(=O)Cn1cnc2c(N)ncnc21. The van der Waals surface area contributed by atoms with Crippen molar-refractivity contribution >= 4 is 28.7 Å². The van der Waals surface area contributed by atoms with Crippen molar-refractivity contribution in [2.75, 3.05) is 39.1 Å². The van der Waals surface area contributed by atoms with Crippen LogP contribution in [0, 0.1) is 0 Å². The van der Waals surface area contributed by atoms with Crippen LogP contribution in [0.3, 0.4) is 0 Å². The van der Waals surface area contributed by atoms with Crippen molar-refractivity contribution in [2.24, 2.45) is 5.73 Å².